The molecule has 8 heteroatoms. The number of amides is 1. The van der Waals surface area contributed by atoms with E-state index in [1.54, 1.807) is 6.92 Å². The third-order valence-corrected chi connectivity index (χ3v) is 6.86. The van der Waals surface area contributed by atoms with E-state index in [2.05, 4.69) is 5.32 Å². The van der Waals surface area contributed by atoms with Crippen LogP contribution in [-0.2, 0) is 10.7 Å². The fourth-order valence-corrected chi connectivity index (χ4v) is 4.98. The van der Waals surface area contributed by atoms with Crippen LogP contribution in [-0.4, -0.2) is 40.2 Å². The molecule has 1 aromatic carbocycles. The first kappa shape index (κ1) is 19.7. The number of guanidine groups is 1. The summed E-state index contributed by atoms with van der Waals surface area (Å²) in [5, 5.41) is 21.7. The lowest BCUT2D eigenvalue weighted by atomic mass is 9.76. The van der Waals surface area contributed by atoms with Gasteiger partial charge in [0.15, 0.2) is 5.96 Å². The predicted molar refractivity (Wildman–Crippen MR) is 102 cm³/mol. The summed E-state index contributed by atoms with van der Waals surface area (Å²) in [7, 11) is 1.50. The van der Waals surface area contributed by atoms with Crippen LogP contribution in [0.4, 0.5) is 8.78 Å². The van der Waals surface area contributed by atoms with Gasteiger partial charge < -0.3 is 10.4 Å². The highest BCUT2D eigenvalue weighted by Gasteiger charge is 2.52. The highest BCUT2D eigenvalue weighted by Crippen LogP contribution is 2.48. The molecule has 1 amide bonds. The van der Waals surface area contributed by atoms with Crippen molar-refractivity contribution in [2.75, 3.05) is 12.8 Å². The van der Waals surface area contributed by atoms with E-state index < -0.39 is 17.4 Å². The Labute approximate surface area is 161 Å². The van der Waals surface area contributed by atoms with Gasteiger partial charge in [0.1, 0.15) is 5.76 Å². The number of allylic oxidation sites excluding steroid dienone is 1. The molecule has 3 atom stereocenters. The molecule has 27 heavy (non-hydrogen) atoms. The molecule has 3 rings (SSSR count). The van der Waals surface area contributed by atoms with Crippen LogP contribution in [0.15, 0.2) is 34.9 Å². The molecule has 0 saturated carbocycles. The minimum absolute atomic E-state index is 0.0469. The van der Waals surface area contributed by atoms with Crippen LogP contribution < -0.4 is 5.32 Å². The summed E-state index contributed by atoms with van der Waals surface area (Å²) in [5.74, 6) is -3.26. The van der Waals surface area contributed by atoms with E-state index in [1.165, 1.54) is 48.0 Å². The van der Waals surface area contributed by atoms with Gasteiger partial charge in [0.25, 0.3) is 5.92 Å². The number of halogens is 2. The van der Waals surface area contributed by atoms with Crippen molar-refractivity contribution in [3.05, 3.63) is 46.1 Å². The number of benzene rings is 1. The van der Waals surface area contributed by atoms with Gasteiger partial charge in [0.05, 0.1) is 11.5 Å². The van der Waals surface area contributed by atoms with Gasteiger partial charge in [-0.1, -0.05) is 31.2 Å². The van der Waals surface area contributed by atoms with Crippen LogP contribution in [0.5, 0.6) is 0 Å². The summed E-state index contributed by atoms with van der Waals surface area (Å²) in [6.45, 7) is 4.50. The van der Waals surface area contributed by atoms with Gasteiger partial charge in [-0.3, -0.25) is 15.1 Å². The lowest BCUT2D eigenvalue weighted by molar-refractivity contribution is -0.130. The molecule has 2 aliphatic heterocycles. The maximum atomic E-state index is 13.6. The van der Waals surface area contributed by atoms with Crippen molar-refractivity contribution in [2.24, 2.45) is 5.92 Å². The molecule has 2 heterocycles. The number of hydrogen-bond acceptors (Lipinski definition) is 4. The standard InChI is InChI=1S/C19H23F2N3O2S/c1-10-9-27-15(14(10)25)18(2)13(16(26)24(4)17(22)23-18)11-5-7-12(8-6-11)19(3,20)21/h5-8,10,13,25H,9H2,1-4H3,(H2,22,23)/t10?,13-,18-/m0/s1. The minimum atomic E-state index is -2.97. The van der Waals surface area contributed by atoms with E-state index in [0.717, 1.165) is 6.92 Å². The van der Waals surface area contributed by atoms with Crippen molar-refractivity contribution in [3.8, 4) is 0 Å². The van der Waals surface area contributed by atoms with E-state index in [1.807, 2.05) is 6.92 Å². The summed E-state index contributed by atoms with van der Waals surface area (Å²) < 4.78 is 27.1. The fraction of sp³-hybridized carbons (Fsp3) is 0.474. The Kier molecular flexibility index (Phi) is 4.74. The number of thioether (sulfide) groups is 1. The second-order valence-corrected chi connectivity index (χ2v) is 8.47. The zero-order chi connectivity index (χ0) is 20.1. The van der Waals surface area contributed by atoms with Gasteiger partial charge in [0, 0.05) is 36.1 Å². The van der Waals surface area contributed by atoms with Gasteiger partial charge in [-0.2, -0.15) is 0 Å². The van der Waals surface area contributed by atoms with E-state index in [0.29, 0.717) is 16.2 Å². The average molecular weight is 395 g/mol. The Morgan fingerprint density at radius 1 is 1.37 bits per heavy atom. The third-order valence-electron chi connectivity index (χ3n) is 5.27. The van der Waals surface area contributed by atoms with Crippen LogP contribution >= 0.6 is 11.8 Å². The van der Waals surface area contributed by atoms with Crippen molar-refractivity contribution in [3.63, 3.8) is 0 Å². The first-order valence-corrected chi connectivity index (χ1v) is 9.64. The lowest BCUT2D eigenvalue weighted by Crippen LogP contribution is -2.64. The second-order valence-electron chi connectivity index (χ2n) is 7.44. The van der Waals surface area contributed by atoms with Crippen LogP contribution in [0, 0.1) is 11.3 Å². The molecule has 1 unspecified atom stereocenters. The number of aliphatic hydroxyl groups excluding tert-OH is 1. The zero-order valence-electron chi connectivity index (χ0n) is 15.6. The molecule has 0 spiro atoms. The summed E-state index contributed by atoms with van der Waals surface area (Å²) in [4.78, 5) is 14.9. The van der Waals surface area contributed by atoms with Crippen molar-refractivity contribution in [1.82, 2.24) is 10.2 Å². The first-order chi connectivity index (χ1) is 12.5. The molecule has 1 fully saturated rings. The number of nitrogens with one attached hydrogen (secondary N) is 2. The van der Waals surface area contributed by atoms with Crippen LogP contribution in [0.25, 0.3) is 0 Å². The van der Waals surface area contributed by atoms with E-state index >= 15 is 0 Å². The van der Waals surface area contributed by atoms with Crippen molar-refractivity contribution in [2.45, 2.75) is 38.2 Å². The fourth-order valence-electron chi connectivity index (χ4n) is 3.59. The number of hydrogen-bond donors (Lipinski definition) is 3. The number of nitrogens with zero attached hydrogens (tertiary/aromatic N) is 1. The topological polar surface area (TPSA) is 76.4 Å². The molecular formula is C19H23F2N3O2S. The Balaban J connectivity index is 2.11. The lowest BCUT2D eigenvalue weighted by Gasteiger charge is -2.46. The van der Waals surface area contributed by atoms with Gasteiger partial charge in [-0.05, 0) is 12.5 Å². The summed E-state index contributed by atoms with van der Waals surface area (Å²) >= 11 is 1.45. The van der Waals surface area contributed by atoms with Gasteiger partial charge in [0.2, 0.25) is 5.91 Å². The maximum absolute atomic E-state index is 13.6. The van der Waals surface area contributed by atoms with Gasteiger partial charge in [-0.15, -0.1) is 11.8 Å². The smallest absolute Gasteiger partial charge is 0.270 e. The number of alkyl halides is 2. The number of carbonyl (C=O) groups is 1. The Morgan fingerprint density at radius 3 is 2.44 bits per heavy atom. The minimum Gasteiger partial charge on any atom is -0.511 e. The second kappa shape index (κ2) is 6.51. The molecule has 146 valence electrons. The molecule has 0 radical (unpaired) electrons. The number of likely N-dealkylation sites (N-methyl/N-ethyl adjacent to an activating group) is 1. The van der Waals surface area contributed by atoms with E-state index in [4.69, 9.17) is 5.41 Å². The van der Waals surface area contributed by atoms with Crippen molar-refractivity contribution in [1.29, 1.82) is 5.41 Å². The summed E-state index contributed by atoms with van der Waals surface area (Å²) in [5.41, 5.74) is -0.602. The largest absolute Gasteiger partial charge is 0.511 e. The van der Waals surface area contributed by atoms with Gasteiger partial charge >= 0.3 is 0 Å². The van der Waals surface area contributed by atoms with Gasteiger partial charge in [-0.25, -0.2) is 8.78 Å². The number of carbonyl (C=O) groups excluding carboxylic acids is 1. The zero-order valence-corrected chi connectivity index (χ0v) is 16.5. The molecule has 0 bridgehead atoms. The third kappa shape index (κ3) is 3.20. The molecule has 5 nitrogen and oxygen atoms in total. The first-order valence-electron chi connectivity index (χ1n) is 8.65. The molecule has 2 aliphatic rings. The Bertz CT molecular complexity index is 819. The Hall–Kier alpha value is -2.09. The highest BCUT2D eigenvalue weighted by molar-refractivity contribution is 8.03. The molecule has 0 aromatic heterocycles. The maximum Gasteiger partial charge on any atom is 0.270 e. The molecular weight excluding hydrogens is 372 g/mol. The number of aliphatic hydroxyl groups is 1. The highest BCUT2D eigenvalue weighted by atomic mass is 32.2. The normalized spacial score (nSPS) is 29.3. The van der Waals surface area contributed by atoms with E-state index in [-0.39, 0.29) is 29.1 Å². The van der Waals surface area contributed by atoms with Crippen LogP contribution in [0.2, 0.25) is 0 Å². The SMILES string of the molecule is CC1CSC([C@@]2(C)NC(=N)N(C)C(=O)[C@@H]2c2ccc(C(C)(F)F)cc2)=C1O. The predicted octanol–water partition coefficient (Wildman–Crippen LogP) is 3.79. The average Bonchev–Trinajstić information content (AvgIpc) is 2.92. The van der Waals surface area contributed by atoms with Crippen molar-refractivity contribution < 1.29 is 18.7 Å². The number of rotatable bonds is 3. The van der Waals surface area contributed by atoms with Crippen LogP contribution in [0.1, 0.15) is 37.8 Å². The van der Waals surface area contributed by atoms with E-state index in [9.17, 15) is 18.7 Å². The monoisotopic (exact) mass is 395 g/mol. The molecule has 1 saturated heterocycles. The van der Waals surface area contributed by atoms with Crippen LogP contribution in [0.3, 0.4) is 0 Å². The summed E-state index contributed by atoms with van der Waals surface area (Å²) in [6, 6.07) is 5.70. The molecule has 3 N–H and O–H groups in total. The van der Waals surface area contributed by atoms with Crippen molar-refractivity contribution >= 4 is 23.6 Å². The quantitative estimate of drug-likeness (QED) is 0.728. The molecule has 0 aliphatic carbocycles. The Morgan fingerprint density at radius 2 is 1.96 bits per heavy atom. The molecule has 1 aromatic rings. The summed E-state index contributed by atoms with van der Waals surface area (Å²) in [6.07, 6.45) is 0.